The van der Waals surface area contributed by atoms with Crippen molar-refractivity contribution in [3.63, 3.8) is 0 Å². The molecule has 0 saturated heterocycles. The van der Waals surface area contributed by atoms with Crippen LogP contribution in [0.1, 0.15) is 24.0 Å². The quantitative estimate of drug-likeness (QED) is 0.912. The predicted octanol–water partition coefficient (Wildman–Crippen LogP) is 3.01. The molecule has 0 aliphatic heterocycles. The van der Waals surface area contributed by atoms with Crippen LogP contribution in [0, 0.1) is 12.8 Å². The molecule has 0 heterocycles. The Morgan fingerprint density at radius 3 is 2.80 bits per heavy atom. The van der Waals surface area contributed by atoms with Gasteiger partial charge >= 0.3 is 0 Å². The molecule has 82 valence electrons. The highest BCUT2D eigenvalue weighted by atomic mass is 79.9. The van der Waals surface area contributed by atoms with E-state index in [2.05, 4.69) is 35.0 Å². The molecule has 1 saturated carbocycles. The Morgan fingerprint density at radius 1 is 1.47 bits per heavy atom. The molecule has 1 aromatic rings. The Bertz CT molecular complexity index is 361. The second-order valence-corrected chi connectivity index (χ2v) is 5.05. The fourth-order valence-electron chi connectivity index (χ4n) is 1.60. The maximum absolute atomic E-state index is 5.81. The Hall–Kier alpha value is -0.540. The van der Waals surface area contributed by atoms with Gasteiger partial charge in [0.05, 0.1) is 11.1 Å². The number of halogens is 1. The van der Waals surface area contributed by atoms with Crippen LogP contribution in [0.2, 0.25) is 0 Å². The molecular weight excluding hydrogens is 254 g/mol. The first-order chi connectivity index (χ1) is 7.20. The molecule has 2 nitrogen and oxygen atoms in total. The van der Waals surface area contributed by atoms with E-state index in [0.29, 0.717) is 6.54 Å². The van der Waals surface area contributed by atoms with E-state index in [9.17, 15) is 0 Å². The van der Waals surface area contributed by atoms with Gasteiger partial charge in [-0.25, -0.2) is 0 Å². The van der Waals surface area contributed by atoms with Gasteiger partial charge in [-0.2, -0.15) is 0 Å². The molecule has 1 aliphatic carbocycles. The summed E-state index contributed by atoms with van der Waals surface area (Å²) in [5, 5.41) is 0. The normalized spacial score (nSPS) is 15.4. The van der Waals surface area contributed by atoms with Crippen molar-refractivity contribution in [2.45, 2.75) is 26.3 Å². The fraction of sp³-hybridized carbons (Fsp3) is 0.500. The molecule has 15 heavy (non-hydrogen) atoms. The van der Waals surface area contributed by atoms with Crippen molar-refractivity contribution in [3.8, 4) is 5.75 Å². The van der Waals surface area contributed by atoms with Gasteiger partial charge in [-0.1, -0.05) is 6.07 Å². The molecule has 1 fully saturated rings. The molecule has 0 spiro atoms. The summed E-state index contributed by atoms with van der Waals surface area (Å²) < 4.78 is 6.83. The van der Waals surface area contributed by atoms with Gasteiger partial charge in [0, 0.05) is 12.1 Å². The smallest absolute Gasteiger partial charge is 0.137 e. The lowest BCUT2D eigenvalue weighted by atomic mass is 10.1. The van der Waals surface area contributed by atoms with Crippen LogP contribution < -0.4 is 10.5 Å². The van der Waals surface area contributed by atoms with Crippen LogP contribution in [0.4, 0.5) is 0 Å². The SMILES string of the molecule is Cc1cc(Br)c(OCC2CC2)c(CN)c1. The molecule has 0 amide bonds. The van der Waals surface area contributed by atoms with E-state index in [0.717, 1.165) is 28.3 Å². The molecule has 0 unspecified atom stereocenters. The molecule has 0 aromatic heterocycles. The van der Waals surface area contributed by atoms with E-state index < -0.39 is 0 Å². The third-order valence-corrected chi connectivity index (χ3v) is 3.23. The number of hydrogen-bond acceptors (Lipinski definition) is 2. The highest BCUT2D eigenvalue weighted by molar-refractivity contribution is 9.10. The van der Waals surface area contributed by atoms with E-state index in [1.54, 1.807) is 0 Å². The van der Waals surface area contributed by atoms with E-state index in [-0.39, 0.29) is 0 Å². The molecule has 3 heteroatoms. The van der Waals surface area contributed by atoms with Crippen LogP contribution >= 0.6 is 15.9 Å². The Labute approximate surface area is 98.9 Å². The van der Waals surface area contributed by atoms with E-state index in [1.165, 1.54) is 18.4 Å². The maximum atomic E-state index is 5.81. The highest BCUT2D eigenvalue weighted by Gasteiger charge is 2.22. The zero-order valence-corrected chi connectivity index (χ0v) is 10.5. The number of ether oxygens (including phenoxy) is 1. The number of rotatable bonds is 4. The minimum atomic E-state index is 0.528. The average molecular weight is 270 g/mol. The zero-order chi connectivity index (χ0) is 10.8. The standard InChI is InChI=1S/C12H16BrNO/c1-8-4-10(6-14)12(11(13)5-8)15-7-9-2-3-9/h4-5,9H,2-3,6-7,14H2,1H3. The molecule has 1 aromatic carbocycles. The van der Waals surface area contributed by atoms with Gasteiger partial charge in [0.15, 0.2) is 0 Å². The molecule has 0 atom stereocenters. The molecule has 0 radical (unpaired) electrons. The van der Waals surface area contributed by atoms with Crippen LogP contribution in [0.3, 0.4) is 0 Å². The lowest BCUT2D eigenvalue weighted by Gasteiger charge is -2.13. The lowest BCUT2D eigenvalue weighted by molar-refractivity contribution is 0.295. The summed E-state index contributed by atoms with van der Waals surface area (Å²) in [4.78, 5) is 0. The summed E-state index contributed by atoms with van der Waals surface area (Å²) in [5.41, 5.74) is 8.00. The van der Waals surface area contributed by atoms with Gasteiger partial charge in [0.2, 0.25) is 0 Å². The molecule has 1 aliphatic rings. The average Bonchev–Trinajstić information content (AvgIpc) is 2.99. The van der Waals surface area contributed by atoms with Gasteiger partial charge in [-0.3, -0.25) is 0 Å². The van der Waals surface area contributed by atoms with Gasteiger partial charge in [-0.15, -0.1) is 0 Å². The minimum absolute atomic E-state index is 0.528. The topological polar surface area (TPSA) is 35.2 Å². The summed E-state index contributed by atoms with van der Waals surface area (Å²) in [6.07, 6.45) is 2.61. The van der Waals surface area contributed by atoms with Crippen molar-refractivity contribution >= 4 is 15.9 Å². The van der Waals surface area contributed by atoms with Crippen LogP contribution in [-0.4, -0.2) is 6.61 Å². The fourth-order valence-corrected chi connectivity index (χ4v) is 2.33. The van der Waals surface area contributed by atoms with Crippen molar-refractivity contribution in [1.82, 2.24) is 0 Å². The highest BCUT2D eigenvalue weighted by Crippen LogP contribution is 2.34. The van der Waals surface area contributed by atoms with Crippen molar-refractivity contribution in [3.05, 3.63) is 27.7 Å². The summed E-state index contributed by atoms with van der Waals surface area (Å²) in [6.45, 7) is 3.42. The minimum Gasteiger partial charge on any atom is -0.492 e. The molecule has 2 N–H and O–H groups in total. The van der Waals surface area contributed by atoms with Crippen molar-refractivity contribution < 1.29 is 4.74 Å². The third-order valence-electron chi connectivity index (χ3n) is 2.65. The van der Waals surface area contributed by atoms with Crippen LogP contribution in [0.15, 0.2) is 16.6 Å². The van der Waals surface area contributed by atoms with E-state index in [4.69, 9.17) is 10.5 Å². The Morgan fingerprint density at radius 2 is 2.20 bits per heavy atom. The van der Waals surface area contributed by atoms with Gasteiger partial charge in [0.25, 0.3) is 0 Å². The predicted molar refractivity (Wildman–Crippen MR) is 65.0 cm³/mol. The first kappa shape index (κ1) is 11.0. The summed E-state index contributed by atoms with van der Waals surface area (Å²) >= 11 is 3.53. The number of hydrogen-bond donors (Lipinski definition) is 1. The lowest BCUT2D eigenvalue weighted by Crippen LogP contribution is -2.06. The largest absolute Gasteiger partial charge is 0.492 e. The summed E-state index contributed by atoms with van der Waals surface area (Å²) in [5.74, 6) is 1.69. The van der Waals surface area contributed by atoms with E-state index >= 15 is 0 Å². The molecule has 2 rings (SSSR count). The van der Waals surface area contributed by atoms with Crippen LogP contribution in [0.5, 0.6) is 5.75 Å². The number of nitrogens with two attached hydrogens (primary N) is 1. The van der Waals surface area contributed by atoms with Crippen molar-refractivity contribution in [2.75, 3.05) is 6.61 Å². The van der Waals surface area contributed by atoms with Crippen LogP contribution in [0.25, 0.3) is 0 Å². The first-order valence-electron chi connectivity index (χ1n) is 5.32. The van der Waals surface area contributed by atoms with Crippen molar-refractivity contribution in [1.29, 1.82) is 0 Å². The molecular formula is C12H16BrNO. The van der Waals surface area contributed by atoms with Gasteiger partial charge in [-0.05, 0) is 53.2 Å². The summed E-state index contributed by atoms with van der Waals surface area (Å²) in [6, 6.07) is 4.16. The van der Waals surface area contributed by atoms with Crippen LogP contribution in [-0.2, 0) is 6.54 Å². The van der Waals surface area contributed by atoms with E-state index in [1.807, 2.05) is 0 Å². The second kappa shape index (κ2) is 4.54. The Kier molecular flexibility index (Phi) is 3.32. The summed E-state index contributed by atoms with van der Waals surface area (Å²) in [7, 11) is 0. The number of benzene rings is 1. The zero-order valence-electron chi connectivity index (χ0n) is 8.92. The van der Waals surface area contributed by atoms with Gasteiger partial charge < -0.3 is 10.5 Å². The monoisotopic (exact) mass is 269 g/mol. The third kappa shape index (κ3) is 2.73. The molecule has 0 bridgehead atoms. The number of aryl methyl sites for hydroxylation is 1. The first-order valence-corrected chi connectivity index (χ1v) is 6.12. The maximum Gasteiger partial charge on any atom is 0.137 e. The van der Waals surface area contributed by atoms with Crippen molar-refractivity contribution in [2.24, 2.45) is 11.7 Å². The second-order valence-electron chi connectivity index (χ2n) is 4.19. The Balaban J connectivity index is 2.17. The van der Waals surface area contributed by atoms with Gasteiger partial charge in [0.1, 0.15) is 5.75 Å².